The van der Waals surface area contributed by atoms with Crippen molar-refractivity contribution < 1.29 is 4.74 Å². The van der Waals surface area contributed by atoms with Crippen LogP contribution in [0.15, 0.2) is 17.2 Å². The third-order valence-electron chi connectivity index (χ3n) is 1.83. The lowest BCUT2D eigenvalue weighted by Crippen LogP contribution is -2.29. The Morgan fingerprint density at radius 3 is 3.07 bits per heavy atom. The Bertz CT molecular complexity index is 324. The number of H-pyrrole nitrogens is 1. The molecule has 0 spiro atoms. The summed E-state index contributed by atoms with van der Waals surface area (Å²) in [5, 5.41) is 0. The first-order chi connectivity index (χ1) is 6.75. The van der Waals surface area contributed by atoms with E-state index in [9.17, 15) is 4.79 Å². The number of rotatable bonds is 5. The number of likely N-dealkylation sites (N-methyl/N-ethyl adjacent to an activating group) is 1. The van der Waals surface area contributed by atoms with Gasteiger partial charge < -0.3 is 14.6 Å². The van der Waals surface area contributed by atoms with E-state index in [2.05, 4.69) is 9.97 Å². The van der Waals surface area contributed by atoms with Crippen LogP contribution in [0.2, 0.25) is 0 Å². The van der Waals surface area contributed by atoms with Crippen molar-refractivity contribution in [2.45, 2.75) is 6.92 Å². The summed E-state index contributed by atoms with van der Waals surface area (Å²) in [6, 6.07) is 0. The number of nitrogens with zero attached hydrogens (tertiary/aromatic N) is 2. The summed E-state index contributed by atoms with van der Waals surface area (Å²) >= 11 is 0. The molecular formula is C9H15N3O2. The van der Waals surface area contributed by atoms with Crippen molar-refractivity contribution in [2.24, 2.45) is 0 Å². The van der Waals surface area contributed by atoms with Gasteiger partial charge in [0, 0.05) is 32.6 Å². The van der Waals surface area contributed by atoms with E-state index in [1.54, 1.807) is 11.1 Å². The second-order valence-electron chi connectivity index (χ2n) is 2.86. The van der Waals surface area contributed by atoms with Crippen LogP contribution in [0.5, 0.6) is 0 Å². The molecule has 0 saturated carbocycles. The van der Waals surface area contributed by atoms with Crippen LogP contribution in [0.3, 0.4) is 0 Å². The number of anilines is 1. The smallest absolute Gasteiger partial charge is 0.290 e. The van der Waals surface area contributed by atoms with Crippen molar-refractivity contribution in [1.29, 1.82) is 0 Å². The molecule has 1 N–H and O–H groups in total. The Morgan fingerprint density at radius 1 is 1.64 bits per heavy atom. The van der Waals surface area contributed by atoms with Crippen LogP contribution in [0, 0.1) is 0 Å². The molecule has 0 aliphatic carbocycles. The second-order valence-corrected chi connectivity index (χ2v) is 2.86. The summed E-state index contributed by atoms with van der Waals surface area (Å²) in [7, 11) is 1.82. The summed E-state index contributed by atoms with van der Waals surface area (Å²) in [5.41, 5.74) is -0.175. The van der Waals surface area contributed by atoms with E-state index in [4.69, 9.17) is 4.74 Å². The van der Waals surface area contributed by atoms with Crippen LogP contribution in [0.25, 0.3) is 0 Å². The molecule has 5 nitrogen and oxygen atoms in total. The molecule has 0 fully saturated rings. The average Bonchev–Trinajstić information content (AvgIpc) is 2.18. The zero-order valence-corrected chi connectivity index (χ0v) is 8.49. The molecule has 5 heteroatoms. The standard InChI is InChI=1S/C9H15N3O2/c1-3-14-7-6-12(2)8-9(13)11-5-4-10-8/h4-5H,3,6-7H2,1-2H3,(H,11,13). The lowest BCUT2D eigenvalue weighted by atomic mass is 10.5. The van der Waals surface area contributed by atoms with Crippen molar-refractivity contribution in [3.8, 4) is 0 Å². The molecule has 0 saturated heterocycles. The molecule has 14 heavy (non-hydrogen) atoms. The summed E-state index contributed by atoms with van der Waals surface area (Å²) < 4.78 is 5.18. The molecule has 0 bridgehead atoms. The topological polar surface area (TPSA) is 58.2 Å². The number of hydrogen-bond acceptors (Lipinski definition) is 4. The van der Waals surface area contributed by atoms with Crippen molar-refractivity contribution in [3.63, 3.8) is 0 Å². The third-order valence-corrected chi connectivity index (χ3v) is 1.83. The molecule has 1 aromatic heterocycles. The van der Waals surface area contributed by atoms with Gasteiger partial charge in [0.05, 0.1) is 6.61 Å². The molecule has 0 aliphatic rings. The molecule has 0 aromatic carbocycles. The molecular weight excluding hydrogens is 182 g/mol. The highest BCUT2D eigenvalue weighted by Gasteiger charge is 2.05. The van der Waals surface area contributed by atoms with Crippen LogP contribution in [0.1, 0.15) is 6.92 Å². The number of ether oxygens (including phenoxy) is 1. The van der Waals surface area contributed by atoms with Crippen LogP contribution >= 0.6 is 0 Å². The van der Waals surface area contributed by atoms with Crippen molar-refractivity contribution >= 4 is 5.82 Å². The zero-order chi connectivity index (χ0) is 10.4. The second kappa shape index (κ2) is 5.39. The number of aromatic nitrogens is 2. The van der Waals surface area contributed by atoms with Gasteiger partial charge in [0.15, 0.2) is 5.82 Å². The average molecular weight is 197 g/mol. The highest BCUT2D eigenvalue weighted by atomic mass is 16.5. The fraction of sp³-hybridized carbons (Fsp3) is 0.556. The van der Waals surface area contributed by atoms with E-state index < -0.39 is 0 Å². The molecule has 0 radical (unpaired) electrons. The lowest BCUT2D eigenvalue weighted by molar-refractivity contribution is 0.154. The Balaban J connectivity index is 2.56. The first kappa shape index (κ1) is 10.7. The van der Waals surface area contributed by atoms with E-state index in [0.717, 1.165) is 0 Å². The minimum absolute atomic E-state index is 0.175. The Labute approximate surface area is 82.7 Å². The van der Waals surface area contributed by atoms with Gasteiger partial charge >= 0.3 is 0 Å². The monoisotopic (exact) mass is 197 g/mol. The van der Waals surface area contributed by atoms with Crippen LogP contribution in [-0.4, -0.2) is 36.8 Å². The molecule has 1 aromatic rings. The molecule has 0 atom stereocenters. The van der Waals surface area contributed by atoms with Crippen molar-refractivity contribution in [2.75, 3.05) is 31.7 Å². The largest absolute Gasteiger partial charge is 0.380 e. The highest BCUT2D eigenvalue weighted by Crippen LogP contribution is 1.97. The Morgan fingerprint density at radius 2 is 2.43 bits per heavy atom. The normalized spacial score (nSPS) is 10.1. The number of nitrogens with one attached hydrogen (secondary N) is 1. The Hall–Kier alpha value is -1.36. The van der Waals surface area contributed by atoms with Gasteiger partial charge in [-0.25, -0.2) is 4.98 Å². The maximum atomic E-state index is 11.3. The highest BCUT2D eigenvalue weighted by molar-refractivity contribution is 5.33. The van der Waals surface area contributed by atoms with E-state index >= 15 is 0 Å². The zero-order valence-electron chi connectivity index (χ0n) is 8.49. The van der Waals surface area contributed by atoms with Gasteiger partial charge in [0.2, 0.25) is 0 Å². The minimum Gasteiger partial charge on any atom is -0.380 e. The maximum absolute atomic E-state index is 11.3. The summed E-state index contributed by atoms with van der Waals surface area (Å²) in [5.74, 6) is 0.423. The maximum Gasteiger partial charge on any atom is 0.290 e. The number of aromatic amines is 1. The first-order valence-electron chi connectivity index (χ1n) is 4.58. The summed E-state index contributed by atoms with van der Waals surface area (Å²) in [6.07, 6.45) is 3.08. The fourth-order valence-corrected chi connectivity index (χ4v) is 1.07. The predicted octanol–water partition coefficient (Wildman–Crippen LogP) is 0.243. The van der Waals surface area contributed by atoms with E-state index in [1.165, 1.54) is 6.20 Å². The minimum atomic E-state index is -0.175. The lowest BCUT2D eigenvalue weighted by Gasteiger charge is -2.16. The molecule has 1 rings (SSSR count). The molecule has 0 unspecified atom stereocenters. The van der Waals surface area contributed by atoms with Gasteiger partial charge in [-0.3, -0.25) is 4.79 Å². The summed E-state index contributed by atoms with van der Waals surface area (Å²) in [4.78, 5) is 19.6. The molecule has 0 amide bonds. The van der Waals surface area contributed by atoms with Gasteiger partial charge in [-0.2, -0.15) is 0 Å². The van der Waals surface area contributed by atoms with Crippen molar-refractivity contribution in [1.82, 2.24) is 9.97 Å². The quantitative estimate of drug-likeness (QED) is 0.687. The first-order valence-corrected chi connectivity index (χ1v) is 4.58. The number of hydrogen-bond donors (Lipinski definition) is 1. The summed E-state index contributed by atoms with van der Waals surface area (Å²) in [6.45, 7) is 3.89. The van der Waals surface area contributed by atoms with Gasteiger partial charge in [-0.1, -0.05) is 0 Å². The van der Waals surface area contributed by atoms with Gasteiger partial charge in [0.1, 0.15) is 0 Å². The van der Waals surface area contributed by atoms with E-state index in [0.29, 0.717) is 25.6 Å². The SMILES string of the molecule is CCOCCN(C)c1ncc[nH]c1=O. The van der Waals surface area contributed by atoms with E-state index in [-0.39, 0.29) is 5.56 Å². The third kappa shape index (κ3) is 2.85. The van der Waals surface area contributed by atoms with Gasteiger partial charge in [-0.05, 0) is 6.92 Å². The van der Waals surface area contributed by atoms with Crippen LogP contribution in [0.4, 0.5) is 5.82 Å². The predicted molar refractivity (Wildman–Crippen MR) is 54.6 cm³/mol. The van der Waals surface area contributed by atoms with Gasteiger partial charge in [-0.15, -0.1) is 0 Å². The molecule has 78 valence electrons. The van der Waals surface area contributed by atoms with Crippen LogP contribution < -0.4 is 10.5 Å². The molecule has 0 aliphatic heterocycles. The molecule has 1 heterocycles. The van der Waals surface area contributed by atoms with E-state index in [1.807, 2.05) is 14.0 Å². The van der Waals surface area contributed by atoms with Crippen molar-refractivity contribution in [3.05, 3.63) is 22.7 Å². The van der Waals surface area contributed by atoms with Gasteiger partial charge in [0.25, 0.3) is 5.56 Å². The van der Waals surface area contributed by atoms with Crippen LogP contribution in [-0.2, 0) is 4.74 Å². The Kier molecular flexibility index (Phi) is 4.12. The fourth-order valence-electron chi connectivity index (χ4n) is 1.07.